The van der Waals surface area contributed by atoms with Crippen LogP contribution < -0.4 is 5.32 Å². The standard InChI is InChI=1S/C21H21N3O2S/c1-13-5-4-6-15(7-13)23-19(26)12-27-20-14(11-22)8-16-17(24-20)9-21(2,3)10-18(16)25/h4-8H,9-10,12H2,1-3H3,(H,23,26). The van der Waals surface area contributed by atoms with Gasteiger partial charge in [0.15, 0.2) is 5.78 Å². The van der Waals surface area contributed by atoms with Gasteiger partial charge in [0.05, 0.1) is 17.0 Å². The van der Waals surface area contributed by atoms with E-state index in [2.05, 4.69) is 16.4 Å². The van der Waals surface area contributed by atoms with Crippen LogP contribution in [0, 0.1) is 23.7 Å². The van der Waals surface area contributed by atoms with E-state index in [0.717, 1.165) is 16.9 Å². The number of pyridine rings is 1. The summed E-state index contributed by atoms with van der Waals surface area (Å²) in [6.45, 7) is 6.04. The molecule has 0 fully saturated rings. The first-order valence-corrected chi connectivity index (χ1v) is 9.72. The summed E-state index contributed by atoms with van der Waals surface area (Å²) in [6.07, 6.45) is 1.14. The zero-order valence-electron chi connectivity index (χ0n) is 15.6. The van der Waals surface area contributed by atoms with Crippen LogP contribution in [0.4, 0.5) is 5.69 Å². The lowest BCUT2D eigenvalue weighted by molar-refractivity contribution is -0.113. The van der Waals surface area contributed by atoms with E-state index in [1.807, 2.05) is 45.0 Å². The number of carbonyl (C=O) groups excluding carboxylic acids is 2. The molecule has 138 valence electrons. The Morgan fingerprint density at radius 2 is 2.11 bits per heavy atom. The van der Waals surface area contributed by atoms with E-state index < -0.39 is 0 Å². The van der Waals surface area contributed by atoms with E-state index in [-0.39, 0.29) is 22.9 Å². The van der Waals surface area contributed by atoms with Gasteiger partial charge in [0.2, 0.25) is 5.91 Å². The number of nitriles is 1. The van der Waals surface area contributed by atoms with Crippen molar-refractivity contribution in [3.8, 4) is 6.07 Å². The Labute approximate surface area is 163 Å². The van der Waals surface area contributed by atoms with Gasteiger partial charge in [-0.3, -0.25) is 9.59 Å². The number of anilines is 1. The fourth-order valence-corrected chi connectivity index (χ4v) is 3.97. The number of hydrogen-bond donors (Lipinski definition) is 1. The van der Waals surface area contributed by atoms with Gasteiger partial charge < -0.3 is 5.32 Å². The highest BCUT2D eigenvalue weighted by Crippen LogP contribution is 2.35. The van der Waals surface area contributed by atoms with E-state index in [0.29, 0.717) is 29.0 Å². The molecule has 0 unspecified atom stereocenters. The van der Waals surface area contributed by atoms with Crippen LogP contribution in [0.1, 0.15) is 47.4 Å². The summed E-state index contributed by atoms with van der Waals surface area (Å²) in [6, 6.07) is 11.3. The summed E-state index contributed by atoms with van der Waals surface area (Å²) in [5, 5.41) is 12.8. The molecule has 0 saturated heterocycles. The van der Waals surface area contributed by atoms with Crippen LogP contribution >= 0.6 is 11.8 Å². The Kier molecular flexibility index (Phi) is 5.33. The number of thioether (sulfide) groups is 1. The summed E-state index contributed by atoms with van der Waals surface area (Å²) in [5.74, 6) is 0.00978. The fourth-order valence-electron chi connectivity index (χ4n) is 3.20. The van der Waals surface area contributed by atoms with E-state index in [1.54, 1.807) is 6.07 Å². The van der Waals surface area contributed by atoms with Crippen molar-refractivity contribution in [1.82, 2.24) is 4.98 Å². The Bertz CT molecular complexity index is 960. The summed E-state index contributed by atoms with van der Waals surface area (Å²) in [5.41, 5.74) is 3.27. The van der Waals surface area contributed by atoms with Gasteiger partial charge in [-0.05, 0) is 42.5 Å². The lowest BCUT2D eigenvalue weighted by Crippen LogP contribution is -2.28. The lowest BCUT2D eigenvalue weighted by atomic mass is 9.75. The third-order valence-corrected chi connectivity index (χ3v) is 5.41. The molecule has 3 rings (SSSR count). The van der Waals surface area contributed by atoms with Gasteiger partial charge in [0, 0.05) is 17.7 Å². The van der Waals surface area contributed by atoms with Gasteiger partial charge in [0.1, 0.15) is 11.1 Å². The predicted molar refractivity (Wildman–Crippen MR) is 106 cm³/mol. The first-order chi connectivity index (χ1) is 12.8. The molecular weight excluding hydrogens is 358 g/mol. The van der Waals surface area contributed by atoms with Gasteiger partial charge >= 0.3 is 0 Å². The van der Waals surface area contributed by atoms with Crippen molar-refractivity contribution >= 4 is 29.1 Å². The zero-order valence-corrected chi connectivity index (χ0v) is 16.4. The van der Waals surface area contributed by atoms with Crippen molar-refractivity contribution in [3.05, 3.63) is 52.7 Å². The maximum atomic E-state index is 12.4. The van der Waals surface area contributed by atoms with E-state index >= 15 is 0 Å². The highest BCUT2D eigenvalue weighted by atomic mass is 32.2. The van der Waals surface area contributed by atoms with Crippen LogP contribution in [0.2, 0.25) is 0 Å². The number of Topliss-reactive ketones (excluding diaryl/α,β-unsaturated/α-hetero) is 1. The number of nitrogens with one attached hydrogen (secondary N) is 1. The first kappa shape index (κ1) is 19.1. The molecule has 5 nitrogen and oxygen atoms in total. The van der Waals surface area contributed by atoms with Gasteiger partial charge in [-0.2, -0.15) is 5.26 Å². The van der Waals surface area contributed by atoms with Crippen molar-refractivity contribution in [1.29, 1.82) is 5.26 Å². The molecule has 1 aromatic carbocycles. The molecule has 27 heavy (non-hydrogen) atoms. The van der Waals surface area contributed by atoms with E-state index in [4.69, 9.17) is 0 Å². The van der Waals surface area contributed by atoms with Crippen LogP contribution in [0.5, 0.6) is 0 Å². The number of ketones is 1. The van der Waals surface area contributed by atoms with Crippen molar-refractivity contribution in [2.75, 3.05) is 11.1 Å². The zero-order chi connectivity index (χ0) is 19.6. The molecular formula is C21H21N3O2S. The van der Waals surface area contributed by atoms with Gasteiger partial charge in [-0.25, -0.2) is 4.98 Å². The first-order valence-electron chi connectivity index (χ1n) is 8.74. The minimum Gasteiger partial charge on any atom is -0.325 e. The normalized spacial score (nSPS) is 15.0. The van der Waals surface area contributed by atoms with E-state index in [1.165, 1.54) is 11.8 Å². The number of aromatic nitrogens is 1. The molecule has 1 aliphatic rings. The minimum atomic E-state index is -0.162. The van der Waals surface area contributed by atoms with Crippen molar-refractivity contribution in [2.24, 2.45) is 5.41 Å². The molecule has 1 aromatic heterocycles. The third kappa shape index (κ3) is 4.55. The molecule has 6 heteroatoms. The molecule has 0 atom stereocenters. The highest BCUT2D eigenvalue weighted by Gasteiger charge is 2.32. The van der Waals surface area contributed by atoms with Crippen LogP contribution in [0.15, 0.2) is 35.4 Å². The average Bonchev–Trinajstić information content (AvgIpc) is 2.58. The summed E-state index contributed by atoms with van der Waals surface area (Å²) in [4.78, 5) is 29.2. The Balaban J connectivity index is 1.76. The molecule has 1 N–H and O–H groups in total. The number of carbonyl (C=O) groups is 2. The van der Waals surface area contributed by atoms with Crippen molar-refractivity contribution in [2.45, 2.75) is 38.6 Å². The Morgan fingerprint density at radius 1 is 1.33 bits per heavy atom. The van der Waals surface area contributed by atoms with Crippen LogP contribution in [0.3, 0.4) is 0 Å². The quantitative estimate of drug-likeness (QED) is 0.807. The second-order valence-electron chi connectivity index (χ2n) is 7.59. The lowest BCUT2D eigenvalue weighted by Gasteiger charge is -2.29. The van der Waals surface area contributed by atoms with Gasteiger partial charge in [-0.15, -0.1) is 0 Å². The highest BCUT2D eigenvalue weighted by molar-refractivity contribution is 8.00. The van der Waals surface area contributed by atoms with Crippen molar-refractivity contribution < 1.29 is 9.59 Å². The van der Waals surface area contributed by atoms with Crippen LogP contribution in [-0.2, 0) is 11.2 Å². The summed E-state index contributed by atoms with van der Waals surface area (Å²) < 4.78 is 0. The number of amides is 1. The maximum Gasteiger partial charge on any atom is 0.234 e. The number of hydrogen-bond acceptors (Lipinski definition) is 5. The molecule has 2 aromatic rings. The summed E-state index contributed by atoms with van der Waals surface area (Å²) >= 11 is 1.22. The topological polar surface area (TPSA) is 82.8 Å². The molecule has 0 aliphatic heterocycles. The van der Waals surface area contributed by atoms with Gasteiger partial charge in [0.25, 0.3) is 0 Å². The molecule has 1 aliphatic carbocycles. The molecule has 0 radical (unpaired) electrons. The molecule has 0 spiro atoms. The Morgan fingerprint density at radius 3 is 2.81 bits per heavy atom. The maximum absolute atomic E-state index is 12.4. The largest absolute Gasteiger partial charge is 0.325 e. The third-order valence-electron chi connectivity index (χ3n) is 4.41. The Hall–Kier alpha value is -2.65. The number of rotatable bonds is 4. The monoisotopic (exact) mass is 379 g/mol. The number of benzene rings is 1. The average molecular weight is 379 g/mol. The minimum absolute atomic E-state index is 0.0268. The predicted octanol–water partition coefficient (Wildman–Crippen LogP) is 4.15. The molecule has 1 heterocycles. The second kappa shape index (κ2) is 7.53. The van der Waals surface area contributed by atoms with Gasteiger partial charge in [-0.1, -0.05) is 37.7 Å². The second-order valence-corrected chi connectivity index (χ2v) is 8.56. The summed E-state index contributed by atoms with van der Waals surface area (Å²) in [7, 11) is 0. The SMILES string of the molecule is Cc1cccc(NC(=O)CSc2nc3c(cc2C#N)C(=O)CC(C)(C)C3)c1. The fraction of sp³-hybridized carbons (Fsp3) is 0.333. The van der Waals surface area contributed by atoms with E-state index in [9.17, 15) is 14.9 Å². The molecule has 1 amide bonds. The smallest absolute Gasteiger partial charge is 0.234 e. The number of aryl methyl sites for hydroxylation is 1. The van der Waals surface area contributed by atoms with Crippen LogP contribution in [-0.4, -0.2) is 22.4 Å². The number of fused-ring (bicyclic) bond motifs is 1. The van der Waals surface area contributed by atoms with Crippen molar-refractivity contribution in [3.63, 3.8) is 0 Å². The molecule has 0 saturated carbocycles. The molecule has 0 bridgehead atoms. The number of nitrogens with zero attached hydrogens (tertiary/aromatic N) is 2. The van der Waals surface area contributed by atoms with Crippen LogP contribution in [0.25, 0.3) is 0 Å².